The van der Waals surface area contributed by atoms with Gasteiger partial charge in [-0.1, -0.05) is 18.2 Å². The maximum absolute atomic E-state index is 12.9. The Labute approximate surface area is 107 Å². The Hall–Kier alpha value is -1.83. The van der Waals surface area contributed by atoms with Crippen molar-refractivity contribution in [1.82, 2.24) is 8.96 Å². The van der Waals surface area contributed by atoms with Crippen molar-refractivity contribution in [3.63, 3.8) is 0 Å². The third-order valence-electron chi connectivity index (χ3n) is 2.44. The van der Waals surface area contributed by atoms with Crippen LogP contribution in [-0.2, 0) is 16.2 Å². The second kappa shape index (κ2) is 4.37. The lowest BCUT2D eigenvalue weighted by Crippen LogP contribution is -2.13. The molecule has 0 N–H and O–H groups in total. The zero-order chi connectivity index (χ0) is 14.3. The minimum Gasteiger partial charge on any atom is -0.236 e. The second-order valence-corrected chi connectivity index (χ2v) is 5.71. The lowest BCUT2D eigenvalue weighted by atomic mass is 10.1. The van der Waals surface area contributed by atoms with Gasteiger partial charge in [0.2, 0.25) is 10.0 Å². The van der Waals surface area contributed by atoms with Crippen molar-refractivity contribution in [2.24, 2.45) is 0 Å². The van der Waals surface area contributed by atoms with Crippen LogP contribution in [0.5, 0.6) is 0 Å². The van der Waals surface area contributed by atoms with E-state index in [4.69, 9.17) is 0 Å². The van der Waals surface area contributed by atoms with E-state index in [0.717, 1.165) is 28.7 Å². The van der Waals surface area contributed by atoms with Crippen molar-refractivity contribution in [1.29, 1.82) is 0 Å². The summed E-state index contributed by atoms with van der Waals surface area (Å²) >= 11 is 0. The molecule has 4 nitrogen and oxygen atoms in total. The van der Waals surface area contributed by atoms with Crippen LogP contribution in [0, 0.1) is 0 Å². The summed E-state index contributed by atoms with van der Waals surface area (Å²) < 4.78 is 62.3. The van der Waals surface area contributed by atoms with Crippen LogP contribution in [0.2, 0.25) is 0 Å². The molecule has 0 aliphatic heterocycles. The summed E-state index contributed by atoms with van der Waals surface area (Å²) in [6, 6.07) is 4.70. The van der Waals surface area contributed by atoms with Gasteiger partial charge >= 0.3 is 6.18 Å². The van der Waals surface area contributed by atoms with Crippen molar-refractivity contribution in [3.8, 4) is 11.4 Å². The molecular formula is C11H9F3N2O2S. The van der Waals surface area contributed by atoms with Gasteiger partial charge in [0.1, 0.15) is 0 Å². The lowest BCUT2D eigenvalue weighted by molar-refractivity contribution is -0.137. The first-order valence-corrected chi connectivity index (χ1v) is 6.96. The first kappa shape index (κ1) is 13.6. The summed E-state index contributed by atoms with van der Waals surface area (Å²) in [5.74, 6) is -0.254. The van der Waals surface area contributed by atoms with Gasteiger partial charge in [-0.25, -0.2) is 17.4 Å². The monoisotopic (exact) mass is 290 g/mol. The number of benzene rings is 1. The van der Waals surface area contributed by atoms with Gasteiger partial charge < -0.3 is 0 Å². The van der Waals surface area contributed by atoms with Gasteiger partial charge in [0.05, 0.1) is 11.8 Å². The average molecular weight is 290 g/mol. The SMILES string of the molecule is CS(=O)(=O)n1ccnc1-c1ccccc1C(F)(F)F. The summed E-state index contributed by atoms with van der Waals surface area (Å²) in [6.45, 7) is 0. The number of aromatic nitrogens is 2. The quantitative estimate of drug-likeness (QED) is 0.853. The standard InChI is InChI=1S/C11H9F3N2O2S/c1-19(17,18)16-7-6-15-10(16)8-4-2-3-5-9(8)11(12,13)14/h2-7H,1H3. The third kappa shape index (κ3) is 2.62. The number of nitrogens with zero attached hydrogens (tertiary/aromatic N) is 2. The Morgan fingerprint density at radius 3 is 2.42 bits per heavy atom. The molecular weight excluding hydrogens is 281 g/mol. The molecule has 0 saturated carbocycles. The maximum Gasteiger partial charge on any atom is 0.417 e. The van der Waals surface area contributed by atoms with Crippen LogP contribution in [-0.4, -0.2) is 23.6 Å². The van der Waals surface area contributed by atoms with E-state index < -0.39 is 21.8 Å². The molecule has 1 aromatic carbocycles. The molecule has 0 spiro atoms. The number of rotatable bonds is 2. The van der Waals surface area contributed by atoms with Crippen molar-refractivity contribution in [2.75, 3.05) is 6.26 Å². The molecule has 0 fully saturated rings. The van der Waals surface area contributed by atoms with Gasteiger partial charge in [0, 0.05) is 18.0 Å². The van der Waals surface area contributed by atoms with Crippen LogP contribution < -0.4 is 0 Å². The normalized spacial score (nSPS) is 12.6. The van der Waals surface area contributed by atoms with E-state index in [1.54, 1.807) is 0 Å². The molecule has 0 amide bonds. The van der Waals surface area contributed by atoms with Gasteiger partial charge in [-0.15, -0.1) is 0 Å². The Morgan fingerprint density at radius 1 is 1.21 bits per heavy atom. The largest absolute Gasteiger partial charge is 0.417 e. The number of halogens is 3. The smallest absolute Gasteiger partial charge is 0.236 e. The van der Waals surface area contributed by atoms with E-state index in [-0.39, 0.29) is 11.4 Å². The van der Waals surface area contributed by atoms with Gasteiger partial charge in [-0.05, 0) is 6.07 Å². The van der Waals surface area contributed by atoms with E-state index in [2.05, 4.69) is 4.98 Å². The van der Waals surface area contributed by atoms with Gasteiger partial charge in [0.15, 0.2) is 5.82 Å². The van der Waals surface area contributed by atoms with E-state index in [1.807, 2.05) is 0 Å². The molecule has 0 atom stereocenters. The van der Waals surface area contributed by atoms with E-state index in [0.29, 0.717) is 0 Å². The molecule has 0 aliphatic carbocycles. The lowest BCUT2D eigenvalue weighted by Gasteiger charge is -2.13. The Bertz CT molecular complexity index is 705. The summed E-state index contributed by atoms with van der Waals surface area (Å²) in [5.41, 5.74) is -1.20. The van der Waals surface area contributed by atoms with Crippen molar-refractivity contribution in [3.05, 3.63) is 42.2 Å². The van der Waals surface area contributed by atoms with Crippen LogP contribution >= 0.6 is 0 Å². The first-order chi connectivity index (χ1) is 8.71. The van der Waals surface area contributed by atoms with Gasteiger partial charge in [-0.2, -0.15) is 13.2 Å². The Kier molecular flexibility index (Phi) is 3.13. The van der Waals surface area contributed by atoms with E-state index in [1.165, 1.54) is 18.2 Å². The summed E-state index contributed by atoms with van der Waals surface area (Å²) in [6.07, 6.45) is -1.43. The van der Waals surface area contributed by atoms with Crippen LogP contribution in [0.3, 0.4) is 0 Å². The molecule has 0 bridgehead atoms. The van der Waals surface area contributed by atoms with Gasteiger partial charge in [-0.3, -0.25) is 0 Å². The number of alkyl halides is 3. The molecule has 19 heavy (non-hydrogen) atoms. The number of hydrogen-bond donors (Lipinski definition) is 0. The zero-order valence-electron chi connectivity index (χ0n) is 9.72. The maximum atomic E-state index is 12.9. The van der Waals surface area contributed by atoms with Crippen molar-refractivity contribution in [2.45, 2.75) is 6.18 Å². The summed E-state index contributed by atoms with van der Waals surface area (Å²) in [4.78, 5) is 3.71. The molecule has 8 heteroatoms. The summed E-state index contributed by atoms with van der Waals surface area (Å²) in [5, 5.41) is 0. The second-order valence-electron chi connectivity index (χ2n) is 3.85. The topological polar surface area (TPSA) is 52.0 Å². The molecule has 102 valence electrons. The fourth-order valence-corrected chi connectivity index (χ4v) is 2.41. The molecule has 0 saturated heterocycles. The highest BCUT2D eigenvalue weighted by Gasteiger charge is 2.34. The molecule has 0 aliphatic rings. The summed E-state index contributed by atoms with van der Waals surface area (Å²) in [7, 11) is -3.71. The molecule has 1 heterocycles. The number of hydrogen-bond acceptors (Lipinski definition) is 3. The molecule has 2 aromatic rings. The Morgan fingerprint density at radius 2 is 1.84 bits per heavy atom. The van der Waals surface area contributed by atoms with Crippen molar-refractivity contribution >= 4 is 10.0 Å². The predicted molar refractivity (Wildman–Crippen MR) is 62.9 cm³/mol. The van der Waals surface area contributed by atoms with Crippen LogP contribution in [0.1, 0.15) is 5.56 Å². The highest BCUT2D eigenvalue weighted by atomic mass is 32.2. The zero-order valence-corrected chi connectivity index (χ0v) is 10.5. The fraction of sp³-hybridized carbons (Fsp3) is 0.182. The van der Waals surface area contributed by atoms with Crippen LogP contribution in [0.4, 0.5) is 13.2 Å². The minimum absolute atomic E-state index is 0.254. The van der Waals surface area contributed by atoms with Crippen LogP contribution in [0.15, 0.2) is 36.7 Å². The predicted octanol–water partition coefficient (Wildman–Crippen LogP) is 2.38. The van der Waals surface area contributed by atoms with Crippen molar-refractivity contribution < 1.29 is 21.6 Å². The number of imidazole rings is 1. The molecule has 1 aromatic heterocycles. The molecule has 0 unspecified atom stereocenters. The first-order valence-electron chi connectivity index (χ1n) is 5.12. The minimum atomic E-state index is -4.58. The van der Waals surface area contributed by atoms with E-state index >= 15 is 0 Å². The fourth-order valence-electron chi connectivity index (χ4n) is 1.67. The third-order valence-corrected chi connectivity index (χ3v) is 3.45. The Balaban J connectivity index is 2.72. The van der Waals surface area contributed by atoms with Gasteiger partial charge in [0.25, 0.3) is 0 Å². The molecule has 2 rings (SSSR count). The van der Waals surface area contributed by atoms with E-state index in [9.17, 15) is 21.6 Å². The highest BCUT2D eigenvalue weighted by molar-refractivity contribution is 7.89. The average Bonchev–Trinajstić information content (AvgIpc) is 2.76. The highest BCUT2D eigenvalue weighted by Crippen LogP contribution is 2.36. The van der Waals surface area contributed by atoms with Crippen LogP contribution in [0.25, 0.3) is 11.4 Å². The molecule has 0 radical (unpaired) electrons.